The second-order valence-corrected chi connectivity index (χ2v) is 9.08. The summed E-state index contributed by atoms with van der Waals surface area (Å²) in [5, 5.41) is 30.7. The Labute approximate surface area is 226 Å². The van der Waals surface area contributed by atoms with Crippen LogP contribution in [0.15, 0.2) is 65.4 Å². The Bertz CT molecular complexity index is 1420. The minimum atomic E-state index is -1.91. The maximum Gasteiger partial charge on any atom is 0.410 e. The average molecular weight is 526 g/mol. The molecule has 2 unspecified atom stereocenters. The Hall–Kier alpha value is -5.14. The van der Waals surface area contributed by atoms with Crippen molar-refractivity contribution >= 4 is 6.09 Å². The number of hydrogen-bond donors (Lipinski definition) is 1. The van der Waals surface area contributed by atoms with Crippen LogP contribution in [-0.2, 0) is 11.3 Å². The van der Waals surface area contributed by atoms with Gasteiger partial charge in [-0.3, -0.25) is 0 Å². The van der Waals surface area contributed by atoms with Gasteiger partial charge in [-0.25, -0.2) is 4.79 Å². The lowest BCUT2D eigenvalue weighted by Gasteiger charge is -2.45. The lowest BCUT2D eigenvalue weighted by atomic mass is 9.58. The van der Waals surface area contributed by atoms with Gasteiger partial charge in [0.25, 0.3) is 0 Å². The van der Waals surface area contributed by atoms with Crippen molar-refractivity contribution in [1.82, 2.24) is 4.90 Å². The third-order valence-corrected chi connectivity index (χ3v) is 7.17. The molecule has 0 saturated heterocycles. The summed E-state index contributed by atoms with van der Waals surface area (Å²) in [6, 6.07) is 18.9. The van der Waals surface area contributed by atoms with Crippen LogP contribution in [0.5, 0.6) is 17.2 Å². The molecule has 2 aromatic carbocycles. The number of carbonyl (C=O) groups is 1. The third-order valence-electron chi connectivity index (χ3n) is 7.17. The van der Waals surface area contributed by atoms with Gasteiger partial charge in [-0.2, -0.15) is 15.8 Å². The number of ether oxygens (including phenoxy) is 4. The second kappa shape index (κ2) is 11.1. The zero-order chi connectivity index (χ0) is 28.2. The number of methoxy groups -OCH3 is 3. The topological polar surface area (TPSA) is 155 Å². The number of nitriles is 3. The fourth-order valence-electron chi connectivity index (χ4n) is 5.30. The van der Waals surface area contributed by atoms with Crippen molar-refractivity contribution in [3.8, 4) is 35.5 Å². The van der Waals surface area contributed by atoms with E-state index < -0.39 is 23.3 Å². The quantitative estimate of drug-likeness (QED) is 0.593. The van der Waals surface area contributed by atoms with E-state index in [4.69, 9.17) is 24.7 Å². The van der Waals surface area contributed by atoms with Crippen molar-refractivity contribution in [2.75, 3.05) is 34.4 Å². The molecule has 10 heteroatoms. The van der Waals surface area contributed by atoms with Gasteiger partial charge in [0.2, 0.25) is 5.75 Å². The highest BCUT2D eigenvalue weighted by Crippen LogP contribution is 2.56. The Morgan fingerprint density at radius 1 is 1.05 bits per heavy atom. The molecule has 4 rings (SSSR count). The zero-order valence-electron chi connectivity index (χ0n) is 21.8. The highest BCUT2D eigenvalue weighted by Gasteiger charge is 2.55. The first kappa shape index (κ1) is 26.9. The summed E-state index contributed by atoms with van der Waals surface area (Å²) in [5.74, 6) is -0.524. The molecule has 2 N–H and O–H groups in total. The van der Waals surface area contributed by atoms with E-state index in [1.54, 1.807) is 18.2 Å². The first-order chi connectivity index (χ1) is 18.9. The molecule has 0 fully saturated rings. The normalized spacial score (nSPS) is 19.4. The molecule has 2 atom stereocenters. The Kier molecular flexibility index (Phi) is 7.65. The van der Waals surface area contributed by atoms with E-state index in [1.807, 2.05) is 30.3 Å². The van der Waals surface area contributed by atoms with Gasteiger partial charge in [0, 0.05) is 24.9 Å². The van der Waals surface area contributed by atoms with Gasteiger partial charge in [0.05, 0.1) is 44.7 Å². The summed E-state index contributed by atoms with van der Waals surface area (Å²) in [5.41, 5.74) is 6.35. The summed E-state index contributed by atoms with van der Waals surface area (Å²) in [6.07, 6.45) is 1.17. The van der Waals surface area contributed by atoms with Crippen LogP contribution >= 0.6 is 0 Å². The fourth-order valence-corrected chi connectivity index (χ4v) is 5.30. The minimum Gasteiger partial charge on any atom is -0.493 e. The van der Waals surface area contributed by atoms with Crippen LogP contribution in [0.1, 0.15) is 17.0 Å². The molecule has 0 aromatic heterocycles. The molecule has 39 heavy (non-hydrogen) atoms. The Morgan fingerprint density at radius 3 is 2.23 bits per heavy atom. The van der Waals surface area contributed by atoms with E-state index in [9.17, 15) is 20.6 Å². The number of hydrogen-bond acceptors (Lipinski definition) is 9. The van der Waals surface area contributed by atoms with E-state index >= 15 is 0 Å². The van der Waals surface area contributed by atoms with Crippen molar-refractivity contribution in [3.05, 3.63) is 76.5 Å². The SMILES string of the molecule is COc1cc(C2C3CN(C(=O)OCc4ccccc4)CC=C3C(C#N)=C(N)C2(C#N)C#N)cc(OC)c1OC. The van der Waals surface area contributed by atoms with Gasteiger partial charge < -0.3 is 29.6 Å². The van der Waals surface area contributed by atoms with Crippen LogP contribution in [0.25, 0.3) is 0 Å². The molecule has 0 saturated carbocycles. The molecule has 2 aromatic rings. The highest BCUT2D eigenvalue weighted by atomic mass is 16.6. The molecule has 1 aliphatic heterocycles. The summed E-state index contributed by atoms with van der Waals surface area (Å²) >= 11 is 0. The second-order valence-electron chi connectivity index (χ2n) is 9.08. The first-order valence-electron chi connectivity index (χ1n) is 12.1. The van der Waals surface area contributed by atoms with Crippen molar-refractivity contribution in [1.29, 1.82) is 15.8 Å². The predicted molar refractivity (Wildman–Crippen MR) is 139 cm³/mol. The number of benzene rings is 2. The molecular weight excluding hydrogens is 498 g/mol. The van der Waals surface area contributed by atoms with Gasteiger partial charge in [-0.1, -0.05) is 36.4 Å². The van der Waals surface area contributed by atoms with E-state index in [-0.39, 0.29) is 31.0 Å². The Morgan fingerprint density at radius 2 is 1.69 bits per heavy atom. The molecule has 1 amide bonds. The maximum atomic E-state index is 13.1. The number of rotatable bonds is 6. The van der Waals surface area contributed by atoms with Gasteiger partial charge in [0.1, 0.15) is 12.7 Å². The summed E-state index contributed by atoms with van der Waals surface area (Å²) in [4.78, 5) is 14.6. The fraction of sp³-hybridized carbons (Fsp3) is 0.310. The molecule has 0 bridgehead atoms. The van der Waals surface area contributed by atoms with Crippen molar-refractivity contribution in [3.63, 3.8) is 0 Å². The molecule has 0 spiro atoms. The monoisotopic (exact) mass is 525 g/mol. The van der Waals surface area contributed by atoms with Crippen molar-refractivity contribution < 1.29 is 23.7 Å². The van der Waals surface area contributed by atoms with Crippen LogP contribution in [0.2, 0.25) is 0 Å². The van der Waals surface area contributed by atoms with Crippen LogP contribution in [0.4, 0.5) is 4.79 Å². The number of nitrogens with two attached hydrogens (primary N) is 1. The van der Waals surface area contributed by atoms with E-state index in [0.29, 0.717) is 28.4 Å². The number of fused-ring (bicyclic) bond motifs is 1. The smallest absolute Gasteiger partial charge is 0.410 e. The van der Waals surface area contributed by atoms with Gasteiger partial charge in [0.15, 0.2) is 16.9 Å². The summed E-state index contributed by atoms with van der Waals surface area (Å²) < 4.78 is 22.0. The van der Waals surface area contributed by atoms with Gasteiger partial charge >= 0.3 is 6.09 Å². The average Bonchev–Trinajstić information content (AvgIpc) is 2.98. The number of amides is 1. The van der Waals surface area contributed by atoms with Crippen LogP contribution < -0.4 is 19.9 Å². The van der Waals surface area contributed by atoms with Crippen LogP contribution in [-0.4, -0.2) is 45.4 Å². The zero-order valence-corrected chi connectivity index (χ0v) is 21.8. The summed E-state index contributed by atoms with van der Waals surface area (Å²) in [7, 11) is 4.39. The van der Waals surface area contributed by atoms with E-state index in [0.717, 1.165) is 5.56 Å². The van der Waals surface area contributed by atoms with Crippen molar-refractivity contribution in [2.45, 2.75) is 12.5 Å². The summed E-state index contributed by atoms with van der Waals surface area (Å²) in [6.45, 7) is 0.348. The lowest BCUT2D eigenvalue weighted by Crippen LogP contribution is -2.49. The molecule has 1 heterocycles. The number of allylic oxidation sites excluding steroid dienone is 2. The van der Waals surface area contributed by atoms with Crippen molar-refractivity contribution in [2.24, 2.45) is 17.1 Å². The third kappa shape index (κ3) is 4.56. The molecule has 2 aliphatic rings. The molecular formula is C29H27N5O5. The lowest BCUT2D eigenvalue weighted by molar-refractivity contribution is 0.0898. The van der Waals surface area contributed by atoms with Gasteiger partial charge in [-0.15, -0.1) is 0 Å². The van der Waals surface area contributed by atoms with Gasteiger partial charge in [-0.05, 0) is 28.8 Å². The maximum absolute atomic E-state index is 13.1. The van der Waals surface area contributed by atoms with E-state index in [2.05, 4.69) is 18.2 Å². The van der Waals surface area contributed by atoms with E-state index in [1.165, 1.54) is 26.2 Å². The van der Waals surface area contributed by atoms with Crippen LogP contribution in [0, 0.1) is 45.3 Å². The minimum absolute atomic E-state index is 0.0732. The number of carbonyl (C=O) groups excluding carboxylic acids is 1. The molecule has 198 valence electrons. The Balaban J connectivity index is 1.82. The molecule has 10 nitrogen and oxygen atoms in total. The van der Waals surface area contributed by atoms with Crippen LogP contribution in [0.3, 0.4) is 0 Å². The molecule has 1 aliphatic carbocycles. The predicted octanol–water partition coefficient (Wildman–Crippen LogP) is 3.77. The highest BCUT2D eigenvalue weighted by molar-refractivity contribution is 5.70. The largest absolute Gasteiger partial charge is 0.493 e. The number of nitrogens with zero attached hydrogens (tertiary/aromatic N) is 4. The first-order valence-corrected chi connectivity index (χ1v) is 12.1. The molecule has 0 radical (unpaired) electrons. The standard InChI is InChI=1S/C29H27N5O5/c1-36-23-11-19(12-24(37-2)26(23)38-3)25-22-14-34(28(35)39-15-18-7-5-4-6-8-18)10-9-20(22)21(13-30)27(33)29(25,16-31)17-32/h4-9,11-12,22,25H,10,14-15,33H2,1-3H3.